The molecule has 1 aliphatic rings. The Kier molecular flexibility index (Phi) is 5.14. The Bertz CT molecular complexity index is 403. The van der Waals surface area contributed by atoms with Crippen LogP contribution in [0.2, 0.25) is 0 Å². The normalized spacial score (nSPS) is 17.5. The molecular weight excluding hydrogens is 254 g/mol. The van der Waals surface area contributed by atoms with Gasteiger partial charge in [0.05, 0.1) is 24.8 Å². The minimum atomic E-state index is -0.487. The van der Waals surface area contributed by atoms with Gasteiger partial charge in [0.1, 0.15) is 0 Å². The third-order valence-electron chi connectivity index (χ3n) is 3.19. The second-order valence-electron chi connectivity index (χ2n) is 4.47. The maximum absolute atomic E-state index is 11.2. The van der Waals surface area contributed by atoms with Gasteiger partial charge in [-0.1, -0.05) is 12.1 Å². The van der Waals surface area contributed by atoms with Crippen molar-refractivity contribution >= 4 is 18.4 Å². The molecule has 5 heteroatoms. The van der Waals surface area contributed by atoms with Crippen LogP contribution < -0.4 is 5.73 Å². The van der Waals surface area contributed by atoms with E-state index in [1.54, 1.807) is 24.3 Å². The number of nitrogens with two attached hydrogens (primary N) is 1. The molecule has 2 rings (SSSR count). The second kappa shape index (κ2) is 6.18. The molecule has 0 radical (unpaired) electrons. The van der Waals surface area contributed by atoms with Crippen molar-refractivity contribution in [2.45, 2.75) is 25.0 Å². The molecule has 3 N–H and O–H groups in total. The van der Waals surface area contributed by atoms with E-state index in [2.05, 4.69) is 4.74 Å². The van der Waals surface area contributed by atoms with Gasteiger partial charge in [-0.15, -0.1) is 12.4 Å². The molecule has 2 atom stereocenters. The summed E-state index contributed by atoms with van der Waals surface area (Å²) < 4.78 is 4.61. The molecule has 0 bridgehead atoms. The molecule has 0 spiro atoms. The Balaban J connectivity index is 0.00000162. The molecule has 0 aliphatic heterocycles. The van der Waals surface area contributed by atoms with Gasteiger partial charge in [-0.05, 0) is 36.5 Å². The molecule has 0 aromatic heterocycles. The first-order valence-corrected chi connectivity index (χ1v) is 5.75. The summed E-state index contributed by atoms with van der Waals surface area (Å²) >= 11 is 0. The van der Waals surface area contributed by atoms with Crippen molar-refractivity contribution < 1.29 is 14.6 Å². The molecule has 1 aromatic rings. The number of esters is 1. The lowest BCUT2D eigenvalue weighted by molar-refractivity contribution is 0.0600. The van der Waals surface area contributed by atoms with Gasteiger partial charge in [0, 0.05) is 0 Å². The number of carbonyl (C=O) groups is 1. The molecule has 0 saturated heterocycles. The largest absolute Gasteiger partial charge is 0.465 e. The van der Waals surface area contributed by atoms with Crippen LogP contribution in [0.3, 0.4) is 0 Å². The molecule has 0 amide bonds. The number of aliphatic hydroxyl groups is 1. The van der Waals surface area contributed by atoms with Crippen molar-refractivity contribution in [3.63, 3.8) is 0 Å². The van der Waals surface area contributed by atoms with Crippen molar-refractivity contribution in [1.29, 1.82) is 0 Å². The van der Waals surface area contributed by atoms with E-state index < -0.39 is 6.10 Å². The van der Waals surface area contributed by atoms with Crippen LogP contribution in [0.1, 0.15) is 34.8 Å². The molecular formula is C13H18ClNO3. The Morgan fingerprint density at radius 3 is 2.39 bits per heavy atom. The predicted molar refractivity (Wildman–Crippen MR) is 70.7 cm³/mol. The lowest BCUT2D eigenvalue weighted by Gasteiger charge is -2.18. The summed E-state index contributed by atoms with van der Waals surface area (Å²) in [4.78, 5) is 11.2. The van der Waals surface area contributed by atoms with Gasteiger partial charge >= 0.3 is 5.97 Å². The zero-order chi connectivity index (χ0) is 12.4. The third kappa shape index (κ3) is 3.22. The highest BCUT2D eigenvalue weighted by molar-refractivity contribution is 5.89. The number of benzene rings is 1. The Morgan fingerprint density at radius 1 is 1.39 bits per heavy atom. The summed E-state index contributed by atoms with van der Waals surface area (Å²) in [6.45, 7) is 0. The minimum Gasteiger partial charge on any atom is -0.465 e. The molecule has 4 nitrogen and oxygen atoms in total. The van der Waals surface area contributed by atoms with Gasteiger partial charge in [-0.25, -0.2) is 4.79 Å². The number of methoxy groups -OCH3 is 1. The van der Waals surface area contributed by atoms with E-state index in [0.717, 1.165) is 18.4 Å². The number of aliphatic hydroxyl groups excluding tert-OH is 1. The summed E-state index contributed by atoms with van der Waals surface area (Å²) in [5.41, 5.74) is 7.31. The molecule has 1 aliphatic carbocycles. The quantitative estimate of drug-likeness (QED) is 0.817. The number of halogens is 1. The van der Waals surface area contributed by atoms with Crippen molar-refractivity contribution in [2.24, 2.45) is 11.7 Å². The van der Waals surface area contributed by atoms with Crippen LogP contribution >= 0.6 is 12.4 Å². The van der Waals surface area contributed by atoms with Crippen LogP contribution in [-0.4, -0.2) is 24.3 Å². The maximum atomic E-state index is 11.2. The van der Waals surface area contributed by atoms with E-state index >= 15 is 0 Å². The molecule has 0 unspecified atom stereocenters. The number of ether oxygens (including phenoxy) is 1. The third-order valence-corrected chi connectivity index (χ3v) is 3.19. The minimum absolute atomic E-state index is 0. The Morgan fingerprint density at radius 2 is 1.94 bits per heavy atom. The van der Waals surface area contributed by atoms with Crippen LogP contribution in [0.4, 0.5) is 0 Å². The fourth-order valence-corrected chi connectivity index (χ4v) is 1.89. The zero-order valence-corrected chi connectivity index (χ0v) is 11.0. The highest BCUT2D eigenvalue weighted by atomic mass is 35.5. The molecule has 1 aromatic carbocycles. The number of hydrogen-bond acceptors (Lipinski definition) is 4. The highest BCUT2D eigenvalue weighted by Crippen LogP contribution is 2.37. The number of hydrogen-bond donors (Lipinski definition) is 2. The van der Waals surface area contributed by atoms with E-state index in [1.807, 2.05) is 0 Å². The van der Waals surface area contributed by atoms with Gasteiger partial charge in [0.15, 0.2) is 0 Å². The standard InChI is InChI=1S/C13H17NO3.ClH/c1-17-13(16)10-6-2-8(3-7-10)11(14)12(15)9-4-5-9;/h2-3,6-7,9,11-12,15H,4-5,14H2,1H3;1H/t11-,12+;/m1./s1. The molecule has 1 fully saturated rings. The maximum Gasteiger partial charge on any atom is 0.337 e. The first kappa shape index (κ1) is 15.0. The van der Waals surface area contributed by atoms with Gasteiger partial charge in [0.2, 0.25) is 0 Å². The summed E-state index contributed by atoms with van der Waals surface area (Å²) in [7, 11) is 1.35. The smallest absolute Gasteiger partial charge is 0.337 e. The molecule has 100 valence electrons. The second-order valence-corrected chi connectivity index (χ2v) is 4.47. The average Bonchev–Trinajstić information content (AvgIpc) is 3.20. The number of rotatable bonds is 4. The molecule has 1 saturated carbocycles. The van der Waals surface area contributed by atoms with Crippen molar-refractivity contribution in [3.8, 4) is 0 Å². The van der Waals surface area contributed by atoms with Crippen LogP contribution in [0.5, 0.6) is 0 Å². The summed E-state index contributed by atoms with van der Waals surface area (Å²) in [5, 5.41) is 9.92. The van der Waals surface area contributed by atoms with Gasteiger partial charge in [0.25, 0.3) is 0 Å². The van der Waals surface area contributed by atoms with E-state index in [9.17, 15) is 9.90 Å². The summed E-state index contributed by atoms with van der Waals surface area (Å²) in [6, 6.07) is 6.49. The fraction of sp³-hybridized carbons (Fsp3) is 0.462. The highest BCUT2D eigenvalue weighted by Gasteiger charge is 2.34. The van der Waals surface area contributed by atoms with Gasteiger partial charge < -0.3 is 15.6 Å². The van der Waals surface area contributed by atoms with Crippen LogP contribution in [0, 0.1) is 5.92 Å². The van der Waals surface area contributed by atoms with E-state index in [-0.39, 0.29) is 24.4 Å². The summed E-state index contributed by atoms with van der Waals surface area (Å²) in [5.74, 6) is -0.0295. The summed E-state index contributed by atoms with van der Waals surface area (Å²) in [6.07, 6.45) is 1.61. The average molecular weight is 272 g/mol. The number of carbonyl (C=O) groups excluding carboxylic acids is 1. The predicted octanol–water partition coefficient (Wildman–Crippen LogP) is 1.67. The van der Waals surface area contributed by atoms with Gasteiger partial charge in [-0.2, -0.15) is 0 Å². The van der Waals surface area contributed by atoms with E-state index in [0.29, 0.717) is 11.5 Å². The van der Waals surface area contributed by atoms with Crippen LogP contribution in [0.25, 0.3) is 0 Å². The van der Waals surface area contributed by atoms with Crippen LogP contribution in [0.15, 0.2) is 24.3 Å². The Hall–Kier alpha value is -1.10. The van der Waals surface area contributed by atoms with Crippen molar-refractivity contribution in [1.82, 2.24) is 0 Å². The monoisotopic (exact) mass is 271 g/mol. The van der Waals surface area contributed by atoms with Crippen LogP contribution in [-0.2, 0) is 4.74 Å². The fourth-order valence-electron chi connectivity index (χ4n) is 1.89. The van der Waals surface area contributed by atoms with E-state index in [4.69, 9.17) is 5.73 Å². The lowest BCUT2D eigenvalue weighted by Crippen LogP contribution is -2.27. The lowest BCUT2D eigenvalue weighted by atomic mass is 9.98. The first-order chi connectivity index (χ1) is 8.13. The Labute approximate surface area is 113 Å². The molecule has 18 heavy (non-hydrogen) atoms. The van der Waals surface area contributed by atoms with Crippen molar-refractivity contribution in [2.75, 3.05) is 7.11 Å². The van der Waals surface area contributed by atoms with E-state index in [1.165, 1.54) is 7.11 Å². The van der Waals surface area contributed by atoms with Crippen molar-refractivity contribution in [3.05, 3.63) is 35.4 Å². The molecule has 0 heterocycles. The first-order valence-electron chi connectivity index (χ1n) is 5.75. The zero-order valence-electron chi connectivity index (χ0n) is 10.2. The topological polar surface area (TPSA) is 72.5 Å². The SMILES string of the molecule is COC(=O)c1ccc([C@@H](N)[C@@H](O)C2CC2)cc1.Cl. The van der Waals surface area contributed by atoms with Gasteiger partial charge in [-0.3, -0.25) is 0 Å².